The van der Waals surface area contributed by atoms with E-state index in [0.29, 0.717) is 13.0 Å². The summed E-state index contributed by atoms with van der Waals surface area (Å²) in [5.41, 5.74) is -0.394. The van der Waals surface area contributed by atoms with Crippen molar-refractivity contribution < 1.29 is 22.7 Å². The average molecular weight is 272 g/mol. The summed E-state index contributed by atoms with van der Waals surface area (Å²) in [5.74, 6) is -4.82. The lowest BCUT2D eigenvalue weighted by atomic mass is 10.00. The van der Waals surface area contributed by atoms with Crippen LogP contribution in [-0.4, -0.2) is 18.5 Å². The lowest BCUT2D eigenvalue weighted by Gasteiger charge is -2.22. The molecule has 0 radical (unpaired) electrons. The van der Waals surface area contributed by atoms with Gasteiger partial charge in [0.1, 0.15) is 0 Å². The van der Waals surface area contributed by atoms with Crippen LogP contribution < -0.4 is 0 Å². The number of hydrogen-bond donors (Lipinski definition) is 0. The molecule has 1 aliphatic heterocycles. The van der Waals surface area contributed by atoms with Gasteiger partial charge in [0, 0.05) is 13.0 Å². The summed E-state index contributed by atoms with van der Waals surface area (Å²) in [6.07, 6.45) is 3.52. The number of halogens is 3. The Hall–Kier alpha value is -1.36. The highest BCUT2D eigenvalue weighted by molar-refractivity contribution is 5.96. The SMILES string of the molecule is O=C(CCC1CCCCO1)c1ccc(F)c(F)c1F. The molecule has 2 nitrogen and oxygen atoms in total. The van der Waals surface area contributed by atoms with E-state index in [0.717, 1.165) is 31.4 Å². The molecule has 0 amide bonds. The van der Waals surface area contributed by atoms with Gasteiger partial charge in [0.15, 0.2) is 23.2 Å². The highest BCUT2D eigenvalue weighted by Gasteiger charge is 2.20. The van der Waals surface area contributed by atoms with Crippen molar-refractivity contribution in [2.75, 3.05) is 6.61 Å². The molecular weight excluding hydrogens is 257 g/mol. The fraction of sp³-hybridized carbons (Fsp3) is 0.500. The topological polar surface area (TPSA) is 26.3 Å². The Morgan fingerprint density at radius 3 is 2.68 bits per heavy atom. The van der Waals surface area contributed by atoms with E-state index < -0.39 is 28.8 Å². The molecule has 5 heteroatoms. The highest BCUT2D eigenvalue weighted by atomic mass is 19.2. The molecule has 1 aliphatic rings. The minimum atomic E-state index is -1.60. The molecule has 1 fully saturated rings. The minimum Gasteiger partial charge on any atom is -0.378 e. The summed E-state index contributed by atoms with van der Waals surface area (Å²) in [4.78, 5) is 11.8. The fourth-order valence-electron chi connectivity index (χ4n) is 2.20. The molecular formula is C14H15F3O2. The molecule has 1 saturated heterocycles. The van der Waals surface area contributed by atoms with E-state index >= 15 is 0 Å². The summed E-state index contributed by atoms with van der Waals surface area (Å²) in [5, 5.41) is 0. The standard InChI is InChI=1S/C14H15F3O2/c15-11-6-5-10(13(16)14(11)17)12(18)7-4-9-3-1-2-8-19-9/h5-6,9H,1-4,7-8H2. The van der Waals surface area contributed by atoms with Gasteiger partial charge < -0.3 is 4.74 Å². The van der Waals surface area contributed by atoms with Crippen molar-refractivity contribution in [3.8, 4) is 0 Å². The molecule has 1 atom stereocenters. The lowest BCUT2D eigenvalue weighted by Crippen LogP contribution is -2.20. The second kappa shape index (κ2) is 6.19. The quantitative estimate of drug-likeness (QED) is 0.618. The van der Waals surface area contributed by atoms with Crippen LogP contribution in [0, 0.1) is 17.5 Å². The predicted molar refractivity (Wildman–Crippen MR) is 63.5 cm³/mol. The van der Waals surface area contributed by atoms with E-state index in [-0.39, 0.29) is 12.5 Å². The number of hydrogen-bond acceptors (Lipinski definition) is 2. The third kappa shape index (κ3) is 3.35. The number of rotatable bonds is 4. The van der Waals surface area contributed by atoms with Gasteiger partial charge in [-0.05, 0) is 37.8 Å². The number of ketones is 1. The van der Waals surface area contributed by atoms with Crippen LogP contribution in [0.15, 0.2) is 12.1 Å². The zero-order chi connectivity index (χ0) is 13.8. The number of carbonyl (C=O) groups excluding carboxylic acids is 1. The first-order valence-corrected chi connectivity index (χ1v) is 6.38. The van der Waals surface area contributed by atoms with Crippen molar-refractivity contribution in [1.29, 1.82) is 0 Å². The lowest BCUT2D eigenvalue weighted by molar-refractivity contribution is 0.0104. The van der Waals surface area contributed by atoms with Crippen LogP contribution in [0.25, 0.3) is 0 Å². The summed E-state index contributed by atoms with van der Waals surface area (Å²) >= 11 is 0. The van der Waals surface area contributed by atoms with Crippen LogP contribution in [-0.2, 0) is 4.74 Å². The van der Waals surface area contributed by atoms with Gasteiger partial charge in [0.25, 0.3) is 0 Å². The second-order valence-electron chi connectivity index (χ2n) is 4.67. The van der Waals surface area contributed by atoms with Gasteiger partial charge in [-0.25, -0.2) is 13.2 Å². The first kappa shape index (κ1) is 14.1. The fourth-order valence-corrected chi connectivity index (χ4v) is 2.20. The van der Waals surface area contributed by atoms with E-state index in [1.54, 1.807) is 0 Å². The smallest absolute Gasteiger partial charge is 0.195 e. The zero-order valence-corrected chi connectivity index (χ0v) is 10.4. The van der Waals surface area contributed by atoms with Crippen molar-refractivity contribution >= 4 is 5.78 Å². The van der Waals surface area contributed by atoms with Crippen LogP contribution in [0.1, 0.15) is 42.5 Å². The third-order valence-corrected chi connectivity index (χ3v) is 3.30. The van der Waals surface area contributed by atoms with Gasteiger partial charge in [-0.15, -0.1) is 0 Å². The molecule has 104 valence electrons. The molecule has 1 heterocycles. The maximum Gasteiger partial charge on any atom is 0.195 e. The number of Topliss-reactive ketones (excluding diaryl/α,β-unsaturated/α-hetero) is 1. The van der Waals surface area contributed by atoms with Gasteiger partial charge in [-0.1, -0.05) is 0 Å². The molecule has 0 N–H and O–H groups in total. The predicted octanol–water partition coefficient (Wildman–Crippen LogP) is 3.64. The summed E-state index contributed by atoms with van der Waals surface area (Å²) in [7, 11) is 0. The molecule has 0 saturated carbocycles. The van der Waals surface area contributed by atoms with E-state index in [9.17, 15) is 18.0 Å². The normalized spacial score (nSPS) is 19.4. The van der Waals surface area contributed by atoms with Gasteiger partial charge in [-0.2, -0.15) is 0 Å². The molecule has 1 aromatic carbocycles. The molecule has 0 aromatic heterocycles. The Bertz CT molecular complexity index is 468. The monoisotopic (exact) mass is 272 g/mol. The summed E-state index contributed by atoms with van der Waals surface area (Å²) in [6.45, 7) is 0.679. The zero-order valence-electron chi connectivity index (χ0n) is 10.4. The molecule has 19 heavy (non-hydrogen) atoms. The maximum atomic E-state index is 13.4. The summed E-state index contributed by atoms with van der Waals surface area (Å²) in [6, 6.07) is 1.75. The molecule has 0 bridgehead atoms. The maximum absolute atomic E-state index is 13.4. The first-order chi connectivity index (χ1) is 9.09. The highest BCUT2D eigenvalue weighted by Crippen LogP contribution is 2.21. The Morgan fingerprint density at radius 2 is 2.00 bits per heavy atom. The Labute approximate surface area is 109 Å². The van der Waals surface area contributed by atoms with E-state index in [1.165, 1.54) is 0 Å². The molecule has 0 aliphatic carbocycles. The van der Waals surface area contributed by atoms with Crippen LogP contribution in [0.2, 0.25) is 0 Å². The Morgan fingerprint density at radius 1 is 1.21 bits per heavy atom. The number of ether oxygens (including phenoxy) is 1. The van der Waals surface area contributed by atoms with Gasteiger partial charge in [0.2, 0.25) is 0 Å². The summed E-state index contributed by atoms with van der Waals surface area (Å²) < 4.78 is 44.6. The molecule has 1 aromatic rings. The van der Waals surface area contributed by atoms with Crippen LogP contribution in [0.4, 0.5) is 13.2 Å². The first-order valence-electron chi connectivity index (χ1n) is 6.38. The number of carbonyl (C=O) groups is 1. The van der Waals surface area contributed by atoms with Crippen LogP contribution in [0.5, 0.6) is 0 Å². The minimum absolute atomic E-state index is 0.00561. The van der Waals surface area contributed by atoms with Crippen molar-refractivity contribution in [3.05, 3.63) is 35.1 Å². The molecule has 0 spiro atoms. The van der Waals surface area contributed by atoms with Gasteiger partial charge in [0.05, 0.1) is 11.7 Å². The van der Waals surface area contributed by atoms with Gasteiger partial charge in [-0.3, -0.25) is 4.79 Å². The van der Waals surface area contributed by atoms with E-state index in [2.05, 4.69) is 0 Å². The van der Waals surface area contributed by atoms with Gasteiger partial charge >= 0.3 is 0 Å². The van der Waals surface area contributed by atoms with Crippen molar-refractivity contribution in [3.63, 3.8) is 0 Å². The molecule has 2 rings (SSSR count). The third-order valence-electron chi connectivity index (χ3n) is 3.30. The van der Waals surface area contributed by atoms with Crippen LogP contribution in [0.3, 0.4) is 0 Å². The Balaban J connectivity index is 1.98. The van der Waals surface area contributed by atoms with Crippen molar-refractivity contribution in [1.82, 2.24) is 0 Å². The van der Waals surface area contributed by atoms with E-state index in [1.807, 2.05) is 0 Å². The number of benzene rings is 1. The largest absolute Gasteiger partial charge is 0.378 e. The van der Waals surface area contributed by atoms with Crippen molar-refractivity contribution in [2.24, 2.45) is 0 Å². The molecule has 1 unspecified atom stereocenters. The second-order valence-corrected chi connectivity index (χ2v) is 4.67. The Kier molecular flexibility index (Phi) is 4.58. The van der Waals surface area contributed by atoms with Crippen LogP contribution >= 0.6 is 0 Å². The average Bonchev–Trinajstić information content (AvgIpc) is 2.43. The van der Waals surface area contributed by atoms with E-state index in [4.69, 9.17) is 4.74 Å². The van der Waals surface area contributed by atoms with Crippen molar-refractivity contribution in [2.45, 2.75) is 38.2 Å².